The Labute approximate surface area is 237 Å². The van der Waals surface area contributed by atoms with Gasteiger partial charge in [0, 0.05) is 30.7 Å². The zero-order valence-corrected chi connectivity index (χ0v) is 24.7. The number of rotatable bonds is 11. The number of hydrazine groups is 1. The molecule has 0 saturated carbocycles. The van der Waals surface area contributed by atoms with Gasteiger partial charge < -0.3 is 16.5 Å². The summed E-state index contributed by atoms with van der Waals surface area (Å²) in [6.45, 7) is 17.9. The van der Waals surface area contributed by atoms with Crippen molar-refractivity contribution in [3.05, 3.63) is 101 Å². The fourth-order valence-corrected chi connectivity index (χ4v) is 5.63. The molecule has 6 N–H and O–H groups in total. The first-order valence-electron chi connectivity index (χ1n) is 12.5. The molecule has 0 bridgehead atoms. The van der Waals surface area contributed by atoms with E-state index in [1.165, 1.54) is 17.3 Å². The zero-order valence-electron chi connectivity index (χ0n) is 23.9. The fourth-order valence-electron chi connectivity index (χ4n) is 4.28. The van der Waals surface area contributed by atoms with Crippen molar-refractivity contribution in [2.45, 2.75) is 45.8 Å². The number of aliphatic imine (C=N–C) groups is 3. The molecular weight excluding hydrogens is 502 g/mol. The van der Waals surface area contributed by atoms with Crippen LogP contribution in [0.2, 0.25) is 0 Å². The summed E-state index contributed by atoms with van der Waals surface area (Å²) in [5.41, 5.74) is 20.2. The average Bonchev–Trinajstić information content (AvgIpc) is 2.88. The summed E-state index contributed by atoms with van der Waals surface area (Å²) >= 11 is 1.58. The Morgan fingerprint density at radius 2 is 1.74 bits per heavy atom. The lowest BCUT2D eigenvalue weighted by Crippen LogP contribution is -2.37. The normalized spacial score (nSPS) is 14.8. The maximum Gasteiger partial charge on any atom is 0.0864 e. The number of hydrogen-bond acceptors (Lipinski definition) is 8. The van der Waals surface area contributed by atoms with Gasteiger partial charge in [0.25, 0.3) is 0 Å². The maximum absolute atomic E-state index is 6.24. The largest absolute Gasteiger partial charge is 0.405 e. The van der Waals surface area contributed by atoms with Crippen LogP contribution in [-0.4, -0.2) is 30.0 Å². The van der Waals surface area contributed by atoms with Crippen LogP contribution in [0.3, 0.4) is 0 Å². The highest BCUT2D eigenvalue weighted by molar-refractivity contribution is 8.14. The minimum absolute atomic E-state index is 0.626. The van der Waals surface area contributed by atoms with Crippen molar-refractivity contribution in [1.29, 1.82) is 0 Å². The minimum Gasteiger partial charge on any atom is -0.405 e. The summed E-state index contributed by atoms with van der Waals surface area (Å²) in [7, 11) is 1.78. The summed E-state index contributed by atoms with van der Waals surface area (Å²) in [6.07, 6.45) is 7.16. The van der Waals surface area contributed by atoms with Gasteiger partial charge in [-0.1, -0.05) is 42.1 Å². The van der Waals surface area contributed by atoms with Crippen LogP contribution < -0.4 is 17.3 Å². The fraction of sp³-hybridized carbons (Fsp3) is 0.258. The molecule has 1 atom stereocenters. The standard InChI is InChI=1S/C31H41N7S/c1-21(2)37-24(5)39-31(6,30(20-33)38(8)34)26-12-15-29(35-7)28(19-26)23(4)22(3)18-25-10-13-27(14-11-25)36-17-9-16-32/h9-17,19-20H,1,7,18,32-34H2,2-6,8H3/b16-9?,23-22+,30-20-,36-17?,37-24?. The number of hydrogen-bond donors (Lipinski definition) is 3. The number of nitrogens with zero attached hydrogens (tertiary/aromatic N) is 4. The number of thioether (sulfide) groups is 1. The third kappa shape index (κ3) is 8.30. The molecule has 39 heavy (non-hydrogen) atoms. The summed E-state index contributed by atoms with van der Waals surface area (Å²) < 4.78 is -0.626. The Morgan fingerprint density at radius 3 is 2.28 bits per heavy atom. The van der Waals surface area contributed by atoms with Crippen molar-refractivity contribution < 1.29 is 0 Å². The first-order valence-corrected chi connectivity index (χ1v) is 13.4. The molecule has 2 aromatic rings. The molecule has 0 radical (unpaired) electrons. The van der Waals surface area contributed by atoms with E-state index in [4.69, 9.17) is 17.3 Å². The zero-order chi connectivity index (χ0) is 29.2. The highest BCUT2D eigenvalue weighted by Gasteiger charge is 2.35. The molecule has 7 nitrogen and oxygen atoms in total. The Morgan fingerprint density at radius 1 is 1.08 bits per heavy atom. The van der Waals surface area contributed by atoms with Crippen LogP contribution in [0.4, 0.5) is 11.4 Å². The maximum atomic E-state index is 6.24. The summed E-state index contributed by atoms with van der Waals surface area (Å²) in [5, 5.41) is 2.41. The van der Waals surface area contributed by atoms with Crippen LogP contribution >= 0.6 is 11.8 Å². The monoisotopic (exact) mass is 543 g/mol. The molecule has 0 aliphatic carbocycles. The summed E-state index contributed by atoms with van der Waals surface area (Å²) in [5.74, 6) is 6.24. The molecule has 0 amide bonds. The topological polar surface area (TPSA) is 118 Å². The smallest absolute Gasteiger partial charge is 0.0864 e. The molecule has 0 heterocycles. The first-order chi connectivity index (χ1) is 18.5. The Balaban J connectivity index is 2.57. The molecule has 206 valence electrons. The summed E-state index contributed by atoms with van der Waals surface area (Å²) in [4.78, 5) is 13.2. The van der Waals surface area contributed by atoms with Gasteiger partial charge in [0.15, 0.2) is 0 Å². The molecule has 8 heteroatoms. The number of allylic oxidation sites excluding steroid dienone is 4. The molecule has 2 aromatic carbocycles. The molecule has 0 aromatic heterocycles. The molecule has 1 unspecified atom stereocenters. The second-order valence-electron chi connectivity index (χ2n) is 9.47. The van der Waals surface area contributed by atoms with Crippen molar-refractivity contribution in [3.8, 4) is 0 Å². The highest BCUT2D eigenvalue weighted by atomic mass is 32.2. The van der Waals surface area contributed by atoms with E-state index >= 15 is 0 Å². The van der Waals surface area contributed by atoms with Gasteiger partial charge in [0.05, 0.1) is 26.9 Å². The number of nitrogens with two attached hydrogens (primary N) is 3. The van der Waals surface area contributed by atoms with Crippen LogP contribution in [0.1, 0.15) is 51.3 Å². The van der Waals surface area contributed by atoms with Gasteiger partial charge in [-0.2, -0.15) is 0 Å². The lowest BCUT2D eigenvalue weighted by molar-refractivity contribution is 0.397. The van der Waals surface area contributed by atoms with Crippen molar-refractivity contribution >= 4 is 46.7 Å². The average molecular weight is 544 g/mol. The Kier molecular flexibility index (Phi) is 11.5. The lowest BCUT2D eigenvalue weighted by atomic mass is 9.90. The van der Waals surface area contributed by atoms with Crippen LogP contribution in [0.5, 0.6) is 0 Å². The SMILES string of the molecule is C=Nc1ccc(C(C)(SC(C)=NC(=C)C)/C(=C/N)N(C)N)cc1/C(C)=C(\C)Cc1ccc(N=CC=CN)cc1. The molecular formula is C31H41N7S. The van der Waals surface area contributed by atoms with Gasteiger partial charge in [0.2, 0.25) is 0 Å². The van der Waals surface area contributed by atoms with Gasteiger partial charge >= 0.3 is 0 Å². The van der Waals surface area contributed by atoms with E-state index in [0.29, 0.717) is 0 Å². The second kappa shape index (κ2) is 14.3. The Bertz CT molecular complexity index is 1330. The van der Waals surface area contributed by atoms with E-state index in [9.17, 15) is 0 Å². The first kappa shape index (κ1) is 31.3. The third-order valence-corrected chi connectivity index (χ3v) is 7.55. The van der Waals surface area contributed by atoms with Crippen LogP contribution in [0.15, 0.2) is 99.5 Å². The van der Waals surface area contributed by atoms with E-state index in [2.05, 4.69) is 67.2 Å². The van der Waals surface area contributed by atoms with E-state index in [1.54, 1.807) is 42.3 Å². The van der Waals surface area contributed by atoms with Gasteiger partial charge in [-0.05, 0) is 101 Å². The lowest BCUT2D eigenvalue weighted by Gasteiger charge is -2.36. The quantitative estimate of drug-likeness (QED) is 0.126. The molecule has 0 spiro atoms. The van der Waals surface area contributed by atoms with Crippen molar-refractivity contribution in [2.75, 3.05) is 7.05 Å². The van der Waals surface area contributed by atoms with Crippen molar-refractivity contribution in [2.24, 2.45) is 32.3 Å². The third-order valence-electron chi connectivity index (χ3n) is 6.32. The van der Waals surface area contributed by atoms with Gasteiger partial charge in [-0.25, -0.2) is 5.84 Å². The van der Waals surface area contributed by atoms with E-state index in [-0.39, 0.29) is 0 Å². The van der Waals surface area contributed by atoms with Crippen LogP contribution in [0, 0.1) is 0 Å². The minimum atomic E-state index is -0.626. The van der Waals surface area contributed by atoms with Crippen molar-refractivity contribution in [1.82, 2.24) is 5.01 Å². The predicted molar refractivity (Wildman–Crippen MR) is 173 cm³/mol. The van der Waals surface area contributed by atoms with E-state index < -0.39 is 4.75 Å². The molecule has 2 rings (SSSR count). The van der Waals surface area contributed by atoms with E-state index in [0.717, 1.165) is 50.9 Å². The molecule has 0 aliphatic heterocycles. The second-order valence-corrected chi connectivity index (χ2v) is 11.1. The predicted octanol–water partition coefficient (Wildman–Crippen LogP) is 6.74. The summed E-state index contributed by atoms with van der Waals surface area (Å²) in [6, 6.07) is 14.4. The van der Waals surface area contributed by atoms with Crippen molar-refractivity contribution in [3.63, 3.8) is 0 Å². The molecule has 0 saturated heterocycles. The number of likely N-dealkylation sites (N-methyl/N-ethyl adjacent to an activating group) is 1. The van der Waals surface area contributed by atoms with E-state index in [1.807, 2.05) is 38.1 Å². The Hall–Kier alpha value is -3.88. The highest BCUT2D eigenvalue weighted by Crippen LogP contribution is 2.45. The van der Waals surface area contributed by atoms with Gasteiger partial charge in [-0.3, -0.25) is 15.0 Å². The van der Waals surface area contributed by atoms with Crippen LogP contribution in [-0.2, 0) is 11.2 Å². The number of benzene rings is 2. The van der Waals surface area contributed by atoms with Crippen LogP contribution in [0.25, 0.3) is 5.57 Å². The molecule has 0 fully saturated rings. The van der Waals surface area contributed by atoms with Gasteiger partial charge in [-0.15, -0.1) is 0 Å². The molecule has 0 aliphatic rings. The van der Waals surface area contributed by atoms with Gasteiger partial charge in [0.1, 0.15) is 0 Å².